The van der Waals surface area contributed by atoms with E-state index in [1.165, 1.54) is 0 Å². The van der Waals surface area contributed by atoms with Gasteiger partial charge in [-0.1, -0.05) is 6.07 Å². The highest BCUT2D eigenvalue weighted by Gasteiger charge is 1.96. The Hall–Kier alpha value is -2.08. The topological polar surface area (TPSA) is 45.9 Å². The summed E-state index contributed by atoms with van der Waals surface area (Å²) >= 11 is 0. The van der Waals surface area contributed by atoms with E-state index in [9.17, 15) is 0 Å². The van der Waals surface area contributed by atoms with Crippen molar-refractivity contribution in [3.05, 3.63) is 36.5 Å². The molecule has 0 radical (unpaired) electrons. The smallest absolute Gasteiger partial charge is 0.174 e. The molecular weight excluding hydrogens is 176 g/mol. The van der Waals surface area contributed by atoms with Crippen molar-refractivity contribution >= 4 is 10.9 Å². The van der Waals surface area contributed by atoms with E-state index in [4.69, 9.17) is 10.00 Å². The molecule has 3 heteroatoms. The van der Waals surface area contributed by atoms with Gasteiger partial charge in [-0.25, -0.2) is 0 Å². The van der Waals surface area contributed by atoms with Crippen molar-refractivity contribution in [2.45, 2.75) is 0 Å². The van der Waals surface area contributed by atoms with Gasteiger partial charge >= 0.3 is 0 Å². The first-order valence-electron chi connectivity index (χ1n) is 4.25. The Morgan fingerprint density at radius 3 is 3.14 bits per heavy atom. The fourth-order valence-corrected chi connectivity index (χ4v) is 1.25. The molecule has 0 saturated heterocycles. The monoisotopic (exact) mass is 184 g/mol. The van der Waals surface area contributed by atoms with Crippen LogP contribution in [0.5, 0.6) is 5.75 Å². The number of aromatic nitrogens is 1. The predicted molar refractivity (Wildman–Crippen MR) is 52.9 cm³/mol. The molecule has 2 rings (SSSR count). The van der Waals surface area contributed by atoms with E-state index < -0.39 is 0 Å². The number of hydrogen-bond donors (Lipinski definition) is 0. The second-order valence-corrected chi connectivity index (χ2v) is 2.80. The Balaban J connectivity index is 2.37. The maximum atomic E-state index is 8.35. The van der Waals surface area contributed by atoms with Crippen molar-refractivity contribution in [3.8, 4) is 11.8 Å². The van der Waals surface area contributed by atoms with Crippen molar-refractivity contribution in [1.82, 2.24) is 4.98 Å². The summed E-state index contributed by atoms with van der Waals surface area (Å²) in [7, 11) is 0. The Kier molecular flexibility index (Phi) is 2.28. The van der Waals surface area contributed by atoms with Crippen molar-refractivity contribution in [2.75, 3.05) is 6.61 Å². The second kappa shape index (κ2) is 3.75. The minimum atomic E-state index is 0.0678. The van der Waals surface area contributed by atoms with Crippen molar-refractivity contribution in [2.24, 2.45) is 0 Å². The molecule has 1 aromatic carbocycles. The molecule has 1 heterocycles. The summed E-state index contributed by atoms with van der Waals surface area (Å²) in [4.78, 5) is 4.19. The van der Waals surface area contributed by atoms with Gasteiger partial charge < -0.3 is 4.74 Å². The number of nitriles is 1. The van der Waals surface area contributed by atoms with Crippen LogP contribution in [0.4, 0.5) is 0 Å². The summed E-state index contributed by atoms with van der Waals surface area (Å²) in [5, 5.41) is 9.42. The maximum absolute atomic E-state index is 8.35. The Labute approximate surface area is 81.6 Å². The molecule has 0 unspecified atom stereocenters. The molecule has 0 amide bonds. The van der Waals surface area contributed by atoms with Gasteiger partial charge in [-0.15, -0.1) is 0 Å². The van der Waals surface area contributed by atoms with Gasteiger partial charge in [-0.3, -0.25) is 4.98 Å². The van der Waals surface area contributed by atoms with Crippen LogP contribution in [0.2, 0.25) is 0 Å². The standard InChI is InChI=1S/C11H8N2O/c12-5-7-14-10-4-3-9-2-1-6-13-11(9)8-10/h1-4,6,8H,7H2. The van der Waals surface area contributed by atoms with Gasteiger partial charge in [0.2, 0.25) is 0 Å². The first-order chi connectivity index (χ1) is 6.90. The minimum absolute atomic E-state index is 0.0678. The second-order valence-electron chi connectivity index (χ2n) is 2.80. The summed E-state index contributed by atoms with van der Waals surface area (Å²) in [5.74, 6) is 0.678. The van der Waals surface area contributed by atoms with Crippen LogP contribution in [0.15, 0.2) is 36.5 Å². The molecule has 0 aliphatic rings. The zero-order valence-corrected chi connectivity index (χ0v) is 7.47. The van der Waals surface area contributed by atoms with E-state index in [2.05, 4.69) is 4.98 Å². The molecule has 14 heavy (non-hydrogen) atoms. The lowest BCUT2D eigenvalue weighted by atomic mass is 10.2. The van der Waals surface area contributed by atoms with E-state index >= 15 is 0 Å². The van der Waals surface area contributed by atoms with Gasteiger partial charge in [0.05, 0.1) is 5.52 Å². The van der Waals surface area contributed by atoms with Crippen LogP contribution in [0.1, 0.15) is 0 Å². The Morgan fingerprint density at radius 2 is 2.29 bits per heavy atom. The predicted octanol–water partition coefficient (Wildman–Crippen LogP) is 2.14. The Bertz CT molecular complexity index is 488. The van der Waals surface area contributed by atoms with E-state index in [0.29, 0.717) is 5.75 Å². The molecule has 0 spiro atoms. The maximum Gasteiger partial charge on any atom is 0.174 e. The van der Waals surface area contributed by atoms with Gasteiger partial charge in [0, 0.05) is 17.6 Å². The van der Waals surface area contributed by atoms with Gasteiger partial charge in [0.25, 0.3) is 0 Å². The van der Waals surface area contributed by atoms with Crippen LogP contribution in [-0.4, -0.2) is 11.6 Å². The highest BCUT2D eigenvalue weighted by Crippen LogP contribution is 2.18. The summed E-state index contributed by atoms with van der Waals surface area (Å²) in [5.41, 5.74) is 0.878. The van der Waals surface area contributed by atoms with Crippen LogP contribution in [-0.2, 0) is 0 Å². The molecule has 0 fully saturated rings. The SMILES string of the molecule is N#CCOc1ccc2cccnc2c1. The fourth-order valence-electron chi connectivity index (χ4n) is 1.25. The average molecular weight is 184 g/mol. The number of rotatable bonds is 2. The molecule has 0 saturated carbocycles. The third kappa shape index (κ3) is 1.64. The first kappa shape index (κ1) is 8.52. The molecule has 0 aliphatic carbocycles. The van der Waals surface area contributed by atoms with Crippen molar-refractivity contribution in [3.63, 3.8) is 0 Å². The van der Waals surface area contributed by atoms with Crippen LogP contribution in [0, 0.1) is 11.3 Å². The lowest BCUT2D eigenvalue weighted by molar-refractivity contribution is 0.368. The summed E-state index contributed by atoms with van der Waals surface area (Å²) in [6.07, 6.45) is 1.73. The van der Waals surface area contributed by atoms with E-state index in [0.717, 1.165) is 10.9 Å². The normalized spacial score (nSPS) is 9.64. The average Bonchev–Trinajstić information content (AvgIpc) is 2.26. The van der Waals surface area contributed by atoms with Gasteiger partial charge in [0.1, 0.15) is 11.8 Å². The molecule has 0 N–H and O–H groups in total. The minimum Gasteiger partial charge on any atom is -0.479 e. The quantitative estimate of drug-likeness (QED) is 0.718. The van der Waals surface area contributed by atoms with E-state index in [1.54, 1.807) is 6.20 Å². The molecule has 0 aliphatic heterocycles. The lowest BCUT2D eigenvalue weighted by Gasteiger charge is -2.02. The van der Waals surface area contributed by atoms with Crippen LogP contribution in [0.25, 0.3) is 10.9 Å². The number of pyridine rings is 1. The highest BCUT2D eigenvalue weighted by atomic mass is 16.5. The van der Waals surface area contributed by atoms with Gasteiger partial charge in [-0.2, -0.15) is 5.26 Å². The number of hydrogen-bond acceptors (Lipinski definition) is 3. The molecule has 2 aromatic rings. The van der Waals surface area contributed by atoms with Gasteiger partial charge in [0.15, 0.2) is 6.61 Å². The third-order valence-electron chi connectivity index (χ3n) is 1.88. The molecule has 0 atom stereocenters. The summed E-state index contributed by atoms with van der Waals surface area (Å²) < 4.78 is 5.16. The van der Waals surface area contributed by atoms with Crippen molar-refractivity contribution < 1.29 is 4.74 Å². The number of fused-ring (bicyclic) bond motifs is 1. The van der Waals surface area contributed by atoms with E-state index in [-0.39, 0.29) is 6.61 Å². The van der Waals surface area contributed by atoms with Crippen LogP contribution < -0.4 is 4.74 Å². The lowest BCUT2D eigenvalue weighted by Crippen LogP contribution is -1.93. The zero-order valence-electron chi connectivity index (χ0n) is 7.47. The number of nitrogens with zero attached hydrogens (tertiary/aromatic N) is 2. The highest BCUT2D eigenvalue weighted by molar-refractivity contribution is 5.79. The summed E-state index contributed by atoms with van der Waals surface area (Å²) in [6, 6.07) is 11.4. The zero-order chi connectivity index (χ0) is 9.80. The largest absolute Gasteiger partial charge is 0.479 e. The molecule has 68 valence electrons. The van der Waals surface area contributed by atoms with Crippen LogP contribution in [0.3, 0.4) is 0 Å². The first-order valence-corrected chi connectivity index (χ1v) is 4.25. The molecule has 1 aromatic heterocycles. The van der Waals surface area contributed by atoms with Gasteiger partial charge in [-0.05, 0) is 18.2 Å². The molecule has 0 bridgehead atoms. The van der Waals surface area contributed by atoms with Crippen molar-refractivity contribution in [1.29, 1.82) is 5.26 Å². The fraction of sp³-hybridized carbons (Fsp3) is 0.0909. The summed E-state index contributed by atoms with van der Waals surface area (Å²) in [6.45, 7) is 0.0678. The van der Waals surface area contributed by atoms with E-state index in [1.807, 2.05) is 36.4 Å². The Morgan fingerprint density at radius 1 is 1.36 bits per heavy atom. The van der Waals surface area contributed by atoms with Crippen LogP contribution >= 0.6 is 0 Å². The number of ether oxygens (including phenoxy) is 1. The molecular formula is C11H8N2O. The third-order valence-corrected chi connectivity index (χ3v) is 1.88. The number of benzene rings is 1. The molecule has 3 nitrogen and oxygen atoms in total.